The summed E-state index contributed by atoms with van der Waals surface area (Å²) in [5.41, 5.74) is 2.53. The average molecular weight is 347 g/mol. The summed E-state index contributed by atoms with van der Waals surface area (Å²) in [6.07, 6.45) is 0. The van der Waals surface area contributed by atoms with Crippen LogP contribution in [0.25, 0.3) is 0 Å². The fourth-order valence-corrected chi connectivity index (χ4v) is 3.92. The molecule has 0 aliphatic heterocycles. The number of halogens is 2. The maximum atomic E-state index is 11.7. The smallest absolute Gasteiger partial charge is 0.248 e. The van der Waals surface area contributed by atoms with Gasteiger partial charge in [0.25, 0.3) is 9.05 Å². The van der Waals surface area contributed by atoms with Crippen molar-refractivity contribution in [1.82, 2.24) is 9.78 Å². The van der Waals surface area contributed by atoms with Gasteiger partial charge in [-0.05, 0) is 18.4 Å². The zero-order chi connectivity index (χ0) is 15.8. The van der Waals surface area contributed by atoms with Gasteiger partial charge in [0.1, 0.15) is 10.0 Å². The molecular weight excluding hydrogens is 331 g/mol. The predicted octanol–water partition coefficient (Wildman–Crippen LogP) is 3.94. The number of benzene rings is 1. The molecule has 21 heavy (non-hydrogen) atoms. The molecule has 2 aromatic rings. The van der Waals surface area contributed by atoms with Gasteiger partial charge in [0.15, 0.2) is 0 Å². The summed E-state index contributed by atoms with van der Waals surface area (Å²) in [5.74, 6) is -0.0923. The van der Waals surface area contributed by atoms with Crippen molar-refractivity contribution in [1.29, 1.82) is 0 Å². The van der Waals surface area contributed by atoms with Gasteiger partial charge in [-0.3, -0.25) is 0 Å². The third-order valence-corrected chi connectivity index (χ3v) is 4.97. The van der Waals surface area contributed by atoms with Gasteiger partial charge < -0.3 is 0 Å². The van der Waals surface area contributed by atoms with Crippen LogP contribution in [0.2, 0.25) is 5.15 Å². The van der Waals surface area contributed by atoms with Crippen molar-refractivity contribution in [2.45, 2.75) is 38.1 Å². The van der Waals surface area contributed by atoms with Crippen molar-refractivity contribution in [2.24, 2.45) is 0 Å². The quantitative estimate of drug-likeness (QED) is 0.787. The van der Waals surface area contributed by atoms with E-state index in [0.29, 0.717) is 12.2 Å². The van der Waals surface area contributed by atoms with E-state index in [1.54, 1.807) is 0 Å². The van der Waals surface area contributed by atoms with Gasteiger partial charge in [0, 0.05) is 10.7 Å². The molecule has 0 radical (unpaired) electrons. The Balaban J connectivity index is 2.48. The van der Waals surface area contributed by atoms with Crippen LogP contribution in [0, 0.1) is 6.92 Å². The standard InChI is InChI=1S/C14H16Cl2N2O2S/c1-9(2)12-13(21(16,19)20)14(15)18(17-12)8-11-6-4-10(3)5-7-11/h4-7,9H,8H2,1-3H3. The monoisotopic (exact) mass is 346 g/mol. The Morgan fingerprint density at radius 2 is 1.81 bits per heavy atom. The maximum Gasteiger partial charge on any atom is 0.266 e. The molecule has 114 valence electrons. The normalized spacial score (nSPS) is 12.1. The van der Waals surface area contributed by atoms with E-state index >= 15 is 0 Å². The molecule has 0 aliphatic rings. The molecule has 4 nitrogen and oxygen atoms in total. The van der Waals surface area contributed by atoms with Crippen LogP contribution in [-0.2, 0) is 15.6 Å². The highest BCUT2D eigenvalue weighted by atomic mass is 35.7. The molecule has 0 aliphatic carbocycles. The van der Waals surface area contributed by atoms with Gasteiger partial charge in [-0.25, -0.2) is 13.1 Å². The number of nitrogens with zero attached hydrogens (tertiary/aromatic N) is 2. The Bertz CT molecular complexity index is 750. The maximum absolute atomic E-state index is 11.7. The largest absolute Gasteiger partial charge is 0.266 e. The molecule has 0 saturated carbocycles. The third-order valence-electron chi connectivity index (χ3n) is 3.12. The van der Waals surface area contributed by atoms with E-state index in [4.69, 9.17) is 22.3 Å². The lowest BCUT2D eigenvalue weighted by atomic mass is 10.1. The number of hydrogen-bond acceptors (Lipinski definition) is 3. The summed E-state index contributed by atoms with van der Waals surface area (Å²) in [6, 6.07) is 7.87. The fourth-order valence-electron chi connectivity index (χ4n) is 2.02. The lowest BCUT2D eigenvalue weighted by Crippen LogP contribution is -2.03. The Labute approximate surface area is 134 Å². The van der Waals surface area contributed by atoms with Crippen LogP contribution in [-0.4, -0.2) is 18.2 Å². The van der Waals surface area contributed by atoms with E-state index < -0.39 is 9.05 Å². The van der Waals surface area contributed by atoms with Gasteiger partial charge in [-0.15, -0.1) is 0 Å². The first-order valence-electron chi connectivity index (χ1n) is 6.46. The molecule has 1 heterocycles. The van der Waals surface area contributed by atoms with Crippen molar-refractivity contribution in [3.05, 3.63) is 46.2 Å². The second-order valence-corrected chi connectivity index (χ2v) is 8.10. The summed E-state index contributed by atoms with van der Waals surface area (Å²) in [7, 11) is 1.55. The molecule has 1 aromatic heterocycles. The SMILES string of the molecule is Cc1ccc(Cn2nc(C(C)C)c(S(=O)(=O)Cl)c2Cl)cc1. The number of rotatable bonds is 4. The molecule has 0 saturated heterocycles. The van der Waals surface area contributed by atoms with Gasteiger partial charge in [-0.1, -0.05) is 55.3 Å². The van der Waals surface area contributed by atoms with Crippen LogP contribution in [0.3, 0.4) is 0 Å². The van der Waals surface area contributed by atoms with E-state index in [-0.39, 0.29) is 16.0 Å². The zero-order valence-electron chi connectivity index (χ0n) is 12.0. The molecule has 0 N–H and O–H groups in total. The molecule has 0 spiro atoms. The third kappa shape index (κ3) is 3.59. The first-order valence-corrected chi connectivity index (χ1v) is 9.15. The highest BCUT2D eigenvalue weighted by Gasteiger charge is 2.27. The second kappa shape index (κ2) is 5.99. The Morgan fingerprint density at radius 1 is 1.24 bits per heavy atom. The minimum atomic E-state index is -3.93. The highest BCUT2D eigenvalue weighted by Crippen LogP contribution is 2.32. The van der Waals surface area contributed by atoms with E-state index in [1.165, 1.54) is 4.68 Å². The molecule has 0 atom stereocenters. The van der Waals surface area contributed by atoms with Crippen LogP contribution in [0.1, 0.15) is 36.6 Å². The van der Waals surface area contributed by atoms with Gasteiger partial charge in [0.2, 0.25) is 0 Å². The second-order valence-electron chi connectivity index (χ2n) is 5.24. The molecule has 1 aromatic carbocycles. The number of aryl methyl sites for hydroxylation is 1. The van der Waals surface area contributed by atoms with Crippen molar-refractivity contribution in [3.63, 3.8) is 0 Å². The van der Waals surface area contributed by atoms with Crippen molar-refractivity contribution in [3.8, 4) is 0 Å². The molecule has 0 fully saturated rings. The van der Waals surface area contributed by atoms with Crippen LogP contribution >= 0.6 is 22.3 Å². The lowest BCUT2D eigenvalue weighted by Gasteiger charge is -2.04. The number of hydrogen-bond donors (Lipinski definition) is 0. The summed E-state index contributed by atoms with van der Waals surface area (Å²) in [5, 5.41) is 4.36. The summed E-state index contributed by atoms with van der Waals surface area (Å²) < 4.78 is 24.9. The minimum absolute atomic E-state index is 0.0503. The molecule has 0 amide bonds. The molecule has 0 bridgehead atoms. The number of aromatic nitrogens is 2. The van der Waals surface area contributed by atoms with E-state index in [0.717, 1.165) is 11.1 Å². The lowest BCUT2D eigenvalue weighted by molar-refractivity contribution is 0.607. The van der Waals surface area contributed by atoms with Crippen molar-refractivity contribution >= 4 is 31.3 Å². The first kappa shape index (κ1) is 16.3. The fraction of sp³-hybridized carbons (Fsp3) is 0.357. The Kier molecular flexibility index (Phi) is 4.66. The Hall–Kier alpha value is -1.04. The van der Waals surface area contributed by atoms with Crippen LogP contribution < -0.4 is 0 Å². The Morgan fingerprint density at radius 3 is 2.24 bits per heavy atom. The summed E-state index contributed by atoms with van der Waals surface area (Å²) >= 11 is 6.18. The van der Waals surface area contributed by atoms with Crippen LogP contribution in [0.4, 0.5) is 0 Å². The molecule has 0 unspecified atom stereocenters. The van der Waals surface area contributed by atoms with Crippen LogP contribution in [0.15, 0.2) is 29.2 Å². The van der Waals surface area contributed by atoms with E-state index in [9.17, 15) is 8.42 Å². The van der Waals surface area contributed by atoms with Crippen molar-refractivity contribution < 1.29 is 8.42 Å². The first-order chi connectivity index (χ1) is 9.70. The average Bonchev–Trinajstić information content (AvgIpc) is 2.70. The van der Waals surface area contributed by atoms with Gasteiger partial charge >= 0.3 is 0 Å². The molecule has 7 heteroatoms. The summed E-state index contributed by atoms with van der Waals surface area (Å²) in [4.78, 5) is -0.0899. The van der Waals surface area contributed by atoms with E-state index in [2.05, 4.69) is 5.10 Å². The van der Waals surface area contributed by atoms with E-state index in [1.807, 2.05) is 45.0 Å². The molecular formula is C14H16Cl2N2O2S. The molecule has 2 rings (SSSR count). The predicted molar refractivity (Wildman–Crippen MR) is 84.6 cm³/mol. The minimum Gasteiger partial charge on any atom is -0.248 e. The van der Waals surface area contributed by atoms with Crippen LogP contribution in [0.5, 0.6) is 0 Å². The topological polar surface area (TPSA) is 52.0 Å². The van der Waals surface area contributed by atoms with Crippen molar-refractivity contribution in [2.75, 3.05) is 0 Å². The van der Waals surface area contributed by atoms with Gasteiger partial charge in [-0.2, -0.15) is 5.10 Å². The highest BCUT2D eigenvalue weighted by molar-refractivity contribution is 8.13. The summed E-state index contributed by atoms with van der Waals surface area (Å²) in [6.45, 7) is 6.09. The zero-order valence-corrected chi connectivity index (χ0v) is 14.3. The van der Waals surface area contributed by atoms with Gasteiger partial charge in [0.05, 0.1) is 12.2 Å².